The lowest BCUT2D eigenvalue weighted by Gasteiger charge is -2.29. The van der Waals surface area contributed by atoms with Gasteiger partial charge in [0.15, 0.2) is 0 Å². The molecule has 0 aliphatic rings. The molecule has 0 aliphatic carbocycles. The molecular weight excluding hydrogens is 270 g/mol. The van der Waals surface area contributed by atoms with E-state index in [2.05, 4.69) is 20.7 Å². The number of carboxylic acids is 1. The van der Waals surface area contributed by atoms with Gasteiger partial charge in [0, 0.05) is 12.0 Å². The van der Waals surface area contributed by atoms with Gasteiger partial charge in [-0.25, -0.2) is 4.79 Å². The summed E-state index contributed by atoms with van der Waals surface area (Å²) < 4.78 is 5.89. The number of carboxylic acid groups (broad SMARTS) is 1. The van der Waals surface area contributed by atoms with E-state index in [9.17, 15) is 9.59 Å². The molecule has 122 valence electrons. The van der Waals surface area contributed by atoms with Gasteiger partial charge < -0.3 is 14.3 Å². The van der Waals surface area contributed by atoms with Crippen LogP contribution in [0.2, 0.25) is 0 Å². The average Bonchev–Trinajstić information content (AvgIpc) is 2.36. The number of quaternary nitrogens is 1. The lowest BCUT2D eigenvalue weighted by Crippen LogP contribution is -2.41. The Morgan fingerprint density at radius 2 is 1.62 bits per heavy atom. The van der Waals surface area contributed by atoms with E-state index >= 15 is 0 Å². The molecule has 0 saturated heterocycles. The van der Waals surface area contributed by atoms with Crippen LogP contribution in [-0.2, 0) is 14.3 Å². The molecule has 0 aromatic carbocycles. The molecule has 0 atom stereocenters. The number of esters is 1. The lowest BCUT2D eigenvalue weighted by atomic mass is 10.1. The van der Waals surface area contributed by atoms with E-state index in [4.69, 9.17) is 9.84 Å². The second kappa shape index (κ2) is 10.4. The highest BCUT2D eigenvalue weighted by Crippen LogP contribution is 2.08. The van der Waals surface area contributed by atoms with Crippen molar-refractivity contribution < 1.29 is 23.9 Å². The fourth-order valence-corrected chi connectivity index (χ4v) is 2.05. The first-order valence-electron chi connectivity index (χ1n) is 7.61. The van der Waals surface area contributed by atoms with Crippen molar-refractivity contribution in [1.29, 1.82) is 0 Å². The molecule has 5 nitrogen and oxygen atoms in total. The molecule has 0 fully saturated rings. The molecule has 0 aromatic rings. The quantitative estimate of drug-likeness (QED) is 0.260. The fourth-order valence-electron chi connectivity index (χ4n) is 2.05. The summed E-state index contributed by atoms with van der Waals surface area (Å²) >= 11 is 0. The molecule has 21 heavy (non-hydrogen) atoms. The highest BCUT2D eigenvalue weighted by atomic mass is 16.5. The topological polar surface area (TPSA) is 63.6 Å². The Bertz CT molecular complexity index is 350. The zero-order valence-corrected chi connectivity index (χ0v) is 13.7. The Kier molecular flexibility index (Phi) is 9.71. The van der Waals surface area contributed by atoms with Crippen molar-refractivity contribution in [2.75, 3.05) is 33.8 Å². The predicted octanol–water partition coefficient (Wildman–Crippen LogP) is 2.61. The standard InChI is InChI=1S/C16H29NO4/c1-14(2)16(20)21-13-8-6-5-7-11-17(3,4)12-9-10-15(18)19/h1,5-13H2,2-4H3/p+1. The highest BCUT2D eigenvalue weighted by molar-refractivity contribution is 5.86. The second-order valence-electron chi connectivity index (χ2n) is 6.21. The van der Waals surface area contributed by atoms with E-state index < -0.39 is 5.97 Å². The van der Waals surface area contributed by atoms with Crippen molar-refractivity contribution >= 4 is 11.9 Å². The van der Waals surface area contributed by atoms with Crippen LogP contribution in [0.15, 0.2) is 12.2 Å². The maximum atomic E-state index is 11.1. The van der Waals surface area contributed by atoms with Gasteiger partial charge in [-0.2, -0.15) is 0 Å². The van der Waals surface area contributed by atoms with Crippen molar-refractivity contribution in [2.24, 2.45) is 0 Å². The number of aliphatic carboxylic acids is 1. The summed E-state index contributed by atoms with van der Waals surface area (Å²) in [4.78, 5) is 21.6. The van der Waals surface area contributed by atoms with Gasteiger partial charge in [-0.3, -0.25) is 4.79 Å². The second-order valence-corrected chi connectivity index (χ2v) is 6.21. The van der Waals surface area contributed by atoms with Crippen molar-refractivity contribution in [1.82, 2.24) is 0 Å². The first-order chi connectivity index (χ1) is 9.74. The van der Waals surface area contributed by atoms with Crippen LogP contribution in [0.5, 0.6) is 0 Å². The third-order valence-electron chi connectivity index (χ3n) is 3.39. The van der Waals surface area contributed by atoms with Gasteiger partial charge in [0.25, 0.3) is 0 Å². The fraction of sp³-hybridized carbons (Fsp3) is 0.750. The Morgan fingerprint density at radius 1 is 1.05 bits per heavy atom. The van der Waals surface area contributed by atoms with Gasteiger partial charge >= 0.3 is 11.9 Å². The number of nitrogens with zero attached hydrogens (tertiary/aromatic N) is 1. The van der Waals surface area contributed by atoms with Gasteiger partial charge in [-0.1, -0.05) is 6.58 Å². The van der Waals surface area contributed by atoms with Gasteiger partial charge in [-0.15, -0.1) is 0 Å². The molecular formula is C16H30NO4+. The lowest BCUT2D eigenvalue weighted by molar-refractivity contribution is -0.890. The Balaban J connectivity index is 3.54. The van der Waals surface area contributed by atoms with Crippen LogP contribution in [0.1, 0.15) is 45.4 Å². The van der Waals surface area contributed by atoms with E-state index in [-0.39, 0.29) is 12.4 Å². The summed E-state index contributed by atoms with van der Waals surface area (Å²) in [7, 11) is 4.27. The Labute approximate surface area is 128 Å². The van der Waals surface area contributed by atoms with Crippen molar-refractivity contribution in [3.05, 3.63) is 12.2 Å². The number of hydrogen-bond donors (Lipinski definition) is 1. The number of ether oxygens (including phenoxy) is 1. The van der Waals surface area contributed by atoms with Gasteiger partial charge in [0.1, 0.15) is 0 Å². The van der Waals surface area contributed by atoms with E-state index in [1.165, 1.54) is 0 Å². The largest absolute Gasteiger partial charge is 0.481 e. The molecule has 1 N–H and O–H groups in total. The molecule has 5 heteroatoms. The van der Waals surface area contributed by atoms with Crippen LogP contribution < -0.4 is 0 Å². The number of hydrogen-bond acceptors (Lipinski definition) is 3. The summed E-state index contributed by atoms with van der Waals surface area (Å²) in [6.07, 6.45) is 5.10. The first-order valence-corrected chi connectivity index (χ1v) is 7.61. The summed E-state index contributed by atoms with van der Waals surface area (Å²) in [6.45, 7) is 7.58. The van der Waals surface area contributed by atoms with E-state index in [0.717, 1.165) is 49.7 Å². The summed E-state index contributed by atoms with van der Waals surface area (Å²) in [5.74, 6) is -1.04. The summed E-state index contributed by atoms with van der Waals surface area (Å²) in [5, 5.41) is 8.63. The number of rotatable bonds is 12. The van der Waals surface area contributed by atoms with Gasteiger partial charge in [0.2, 0.25) is 0 Å². The number of unbranched alkanes of at least 4 members (excludes halogenated alkanes) is 3. The zero-order chi connectivity index (χ0) is 16.3. The SMILES string of the molecule is C=C(C)C(=O)OCCCCCC[N+](C)(C)CCCC(=O)O. The maximum Gasteiger partial charge on any atom is 0.333 e. The summed E-state index contributed by atoms with van der Waals surface area (Å²) in [6, 6.07) is 0. The van der Waals surface area contributed by atoms with Crippen molar-refractivity contribution in [3.8, 4) is 0 Å². The third kappa shape index (κ3) is 12.1. The summed E-state index contributed by atoms with van der Waals surface area (Å²) in [5.41, 5.74) is 0.440. The van der Waals surface area contributed by atoms with Crippen LogP contribution in [0, 0.1) is 0 Å². The van der Waals surface area contributed by atoms with E-state index in [1.54, 1.807) is 6.92 Å². The monoisotopic (exact) mass is 300 g/mol. The smallest absolute Gasteiger partial charge is 0.333 e. The average molecular weight is 300 g/mol. The minimum Gasteiger partial charge on any atom is -0.481 e. The van der Waals surface area contributed by atoms with Crippen LogP contribution in [0.25, 0.3) is 0 Å². The van der Waals surface area contributed by atoms with Gasteiger partial charge in [0.05, 0.1) is 40.2 Å². The molecule has 0 saturated carbocycles. The molecule has 0 rings (SSSR count). The van der Waals surface area contributed by atoms with Crippen LogP contribution in [0.4, 0.5) is 0 Å². The first kappa shape index (κ1) is 19.6. The number of carbonyl (C=O) groups excluding carboxylic acids is 1. The van der Waals surface area contributed by atoms with Crippen LogP contribution in [-0.4, -0.2) is 55.3 Å². The minimum atomic E-state index is -0.723. The number of carbonyl (C=O) groups is 2. The molecule has 0 heterocycles. The molecule has 0 unspecified atom stereocenters. The predicted molar refractivity (Wildman–Crippen MR) is 83.0 cm³/mol. The van der Waals surface area contributed by atoms with E-state index in [1.807, 2.05) is 0 Å². The van der Waals surface area contributed by atoms with Crippen LogP contribution in [0.3, 0.4) is 0 Å². The molecule has 0 bridgehead atoms. The highest BCUT2D eigenvalue weighted by Gasteiger charge is 2.14. The van der Waals surface area contributed by atoms with Gasteiger partial charge in [-0.05, 0) is 32.6 Å². The maximum absolute atomic E-state index is 11.1. The molecule has 0 aromatic heterocycles. The molecule has 0 aliphatic heterocycles. The molecule has 0 amide bonds. The Morgan fingerprint density at radius 3 is 2.19 bits per heavy atom. The zero-order valence-electron chi connectivity index (χ0n) is 13.7. The normalized spacial score (nSPS) is 11.2. The molecule has 0 spiro atoms. The van der Waals surface area contributed by atoms with Crippen molar-refractivity contribution in [2.45, 2.75) is 45.4 Å². The Hall–Kier alpha value is -1.36. The minimum absolute atomic E-state index is 0.246. The van der Waals surface area contributed by atoms with Crippen molar-refractivity contribution in [3.63, 3.8) is 0 Å². The van der Waals surface area contributed by atoms with Crippen LogP contribution >= 0.6 is 0 Å². The third-order valence-corrected chi connectivity index (χ3v) is 3.39. The van der Waals surface area contributed by atoms with E-state index in [0.29, 0.717) is 12.2 Å². The molecule has 0 radical (unpaired) electrons.